The van der Waals surface area contributed by atoms with Gasteiger partial charge in [-0.15, -0.1) is 0 Å². The van der Waals surface area contributed by atoms with E-state index in [-0.39, 0.29) is 10.7 Å². The minimum atomic E-state index is -0.892. The molecule has 1 aliphatic carbocycles. The van der Waals surface area contributed by atoms with Gasteiger partial charge in [0.25, 0.3) is 5.91 Å². The maximum atomic E-state index is 12.1. The summed E-state index contributed by atoms with van der Waals surface area (Å²) >= 11 is 0. The highest BCUT2D eigenvalue weighted by Crippen LogP contribution is 2.36. The smallest absolute Gasteiger partial charge is 0.254 e. The molecule has 0 aromatic carbocycles. The molecule has 2 rings (SSSR count). The lowest BCUT2D eigenvalue weighted by Crippen LogP contribution is -2.50. The topological polar surface area (TPSA) is 59.3 Å². The molecule has 1 atom stereocenters. The lowest BCUT2D eigenvalue weighted by Gasteiger charge is -2.39. The van der Waals surface area contributed by atoms with E-state index in [9.17, 15) is 9.00 Å². The first-order chi connectivity index (χ1) is 9.09. The zero-order valence-electron chi connectivity index (χ0n) is 11.5. The van der Waals surface area contributed by atoms with Crippen LogP contribution in [0.15, 0.2) is 16.7 Å². The van der Waals surface area contributed by atoms with Gasteiger partial charge in [0, 0.05) is 30.0 Å². The summed E-state index contributed by atoms with van der Waals surface area (Å²) in [5.41, 5.74) is 0.609. The fourth-order valence-electron chi connectivity index (χ4n) is 2.44. The maximum absolute atomic E-state index is 12.1. The highest BCUT2D eigenvalue weighted by atomic mass is 32.2. The largest absolute Gasteiger partial charge is 0.469 e. The van der Waals surface area contributed by atoms with Crippen LogP contribution in [0.5, 0.6) is 0 Å². The second kappa shape index (κ2) is 5.90. The van der Waals surface area contributed by atoms with Crippen molar-refractivity contribution in [3.05, 3.63) is 23.7 Å². The fraction of sp³-hybridized carbons (Fsp3) is 0.643. The number of nitrogens with one attached hydrogen (secondary N) is 1. The van der Waals surface area contributed by atoms with Crippen molar-refractivity contribution in [2.75, 3.05) is 12.8 Å². The van der Waals surface area contributed by atoms with Crippen LogP contribution < -0.4 is 5.32 Å². The fourth-order valence-corrected chi connectivity index (χ4v) is 3.58. The summed E-state index contributed by atoms with van der Waals surface area (Å²) in [6.45, 7) is 2.54. The number of carbonyl (C=O) groups excluding carboxylic acids is 1. The predicted molar refractivity (Wildman–Crippen MR) is 75.7 cm³/mol. The van der Waals surface area contributed by atoms with Gasteiger partial charge in [-0.3, -0.25) is 9.00 Å². The minimum absolute atomic E-state index is 0.117. The van der Waals surface area contributed by atoms with Crippen LogP contribution in [0.1, 0.15) is 48.7 Å². The number of hydrogen-bond acceptors (Lipinski definition) is 3. The quantitative estimate of drug-likeness (QED) is 0.871. The summed E-state index contributed by atoms with van der Waals surface area (Å²) in [5.74, 6) is 0.620. The van der Waals surface area contributed by atoms with E-state index in [1.165, 1.54) is 0 Å². The molecule has 1 fully saturated rings. The van der Waals surface area contributed by atoms with Gasteiger partial charge in [-0.05, 0) is 25.3 Å². The Labute approximate surface area is 116 Å². The van der Waals surface area contributed by atoms with E-state index in [0.29, 0.717) is 12.1 Å². The third-order valence-corrected chi connectivity index (χ3v) is 5.68. The molecule has 19 heavy (non-hydrogen) atoms. The van der Waals surface area contributed by atoms with Gasteiger partial charge in [0.15, 0.2) is 0 Å². The van der Waals surface area contributed by atoms with E-state index in [1.54, 1.807) is 18.6 Å². The molecule has 1 heterocycles. The second-order valence-electron chi connectivity index (χ2n) is 5.18. The van der Waals surface area contributed by atoms with Crippen molar-refractivity contribution >= 4 is 16.7 Å². The summed E-state index contributed by atoms with van der Waals surface area (Å²) in [7, 11) is -0.892. The van der Waals surface area contributed by atoms with Gasteiger partial charge in [0.1, 0.15) is 5.76 Å². The molecule has 0 spiro atoms. The van der Waals surface area contributed by atoms with Gasteiger partial charge >= 0.3 is 0 Å². The van der Waals surface area contributed by atoms with E-state index in [2.05, 4.69) is 5.32 Å². The van der Waals surface area contributed by atoms with Gasteiger partial charge < -0.3 is 9.73 Å². The van der Waals surface area contributed by atoms with Crippen molar-refractivity contribution in [1.82, 2.24) is 5.32 Å². The number of aryl methyl sites for hydroxylation is 1. The lowest BCUT2D eigenvalue weighted by molar-refractivity contribution is 0.0941. The number of amides is 1. The van der Waals surface area contributed by atoms with Crippen molar-refractivity contribution < 1.29 is 13.4 Å². The molecule has 106 valence electrons. The molecule has 0 saturated heterocycles. The Bertz CT molecular complexity index is 477. The Balaban J connectivity index is 1.97. The molecule has 5 heteroatoms. The molecule has 1 aliphatic rings. The average molecular weight is 283 g/mol. The zero-order chi connectivity index (χ0) is 13.9. The molecular formula is C14H21NO3S. The molecule has 0 radical (unpaired) electrons. The Morgan fingerprint density at radius 3 is 2.79 bits per heavy atom. The van der Waals surface area contributed by atoms with Crippen molar-refractivity contribution in [3.8, 4) is 0 Å². The van der Waals surface area contributed by atoms with E-state index < -0.39 is 10.8 Å². The minimum Gasteiger partial charge on any atom is -0.469 e. The van der Waals surface area contributed by atoms with Crippen LogP contribution in [0, 0.1) is 0 Å². The van der Waals surface area contributed by atoms with Crippen molar-refractivity contribution in [3.63, 3.8) is 0 Å². The Hall–Kier alpha value is -1.10. The van der Waals surface area contributed by atoms with Gasteiger partial charge in [0.05, 0.1) is 16.6 Å². The number of hydrogen-bond donors (Lipinski definition) is 1. The third-order valence-electron chi connectivity index (χ3n) is 3.91. The summed E-state index contributed by atoms with van der Waals surface area (Å²) in [5, 5.41) is 2.92. The molecule has 1 N–H and O–H groups in total. The van der Waals surface area contributed by atoms with Gasteiger partial charge in [0.2, 0.25) is 0 Å². The summed E-state index contributed by atoms with van der Waals surface area (Å²) in [6, 6.07) is 1.71. The average Bonchev–Trinajstić information content (AvgIpc) is 2.75. The first kappa shape index (κ1) is 14.3. The van der Waals surface area contributed by atoms with E-state index in [4.69, 9.17) is 4.42 Å². The monoisotopic (exact) mass is 283 g/mol. The third kappa shape index (κ3) is 2.91. The normalized spacial score (nSPS) is 18.6. The summed E-state index contributed by atoms with van der Waals surface area (Å²) in [6.07, 6.45) is 7.95. The van der Waals surface area contributed by atoms with Crippen LogP contribution >= 0.6 is 0 Å². The number of carbonyl (C=O) groups is 1. The molecule has 0 bridgehead atoms. The molecule has 1 saturated carbocycles. The standard InChI is InChI=1S/C14H21NO3S/c1-3-5-12-11(6-9-18-12)13(16)15-10-14(19(2)17)7-4-8-14/h6,9H,3-5,7-8,10H2,1-2H3,(H,15,16). The summed E-state index contributed by atoms with van der Waals surface area (Å²) < 4.78 is 16.9. The second-order valence-corrected chi connectivity index (χ2v) is 6.96. The highest BCUT2D eigenvalue weighted by Gasteiger charge is 2.41. The van der Waals surface area contributed by atoms with Crippen LogP contribution in [0.3, 0.4) is 0 Å². The Morgan fingerprint density at radius 2 is 2.26 bits per heavy atom. The van der Waals surface area contributed by atoms with Crippen molar-refractivity contribution in [2.45, 2.75) is 43.8 Å². The van der Waals surface area contributed by atoms with E-state index in [0.717, 1.165) is 37.9 Å². The van der Waals surface area contributed by atoms with E-state index in [1.807, 2.05) is 6.92 Å². The molecule has 1 aromatic rings. The van der Waals surface area contributed by atoms with Crippen molar-refractivity contribution in [2.24, 2.45) is 0 Å². The van der Waals surface area contributed by atoms with Crippen molar-refractivity contribution in [1.29, 1.82) is 0 Å². The highest BCUT2D eigenvalue weighted by molar-refractivity contribution is 7.85. The number of rotatable bonds is 6. The van der Waals surface area contributed by atoms with Gasteiger partial charge in [-0.25, -0.2) is 0 Å². The molecule has 1 aromatic heterocycles. The van der Waals surface area contributed by atoms with Crippen LogP contribution in [-0.2, 0) is 17.2 Å². The molecule has 4 nitrogen and oxygen atoms in total. The van der Waals surface area contributed by atoms with E-state index >= 15 is 0 Å². The Kier molecular flexibility index (Phi) is 4.45. The first-order valence-electron chi connectivity index (χ1n) is 6.77. The SMILES string of the molecule is CCCc1occc1C(=O)NCC1(S(C)=O)CCC1. The predicted octanol–water partition coefficient (Wildman–Crippen LogP) is 2.26. The molecule has 0 aliphatic heterocycles. The zero-order valence-corrected chi connectivity index (χ0v) is 12.3. The first-order valence-corrected chi connectivity index (χ1v) is 8.33. The van der Waals surface area contributed by atoms with Crippen LogP contribution in [0.2, 0.25) is 0 Å². The van der Waals surface area contributed by atoms with Crippen LogP contribution in [0.25, 0.3) is 0 Å². The molecule has 1 unspecified atom stereocenters. The van der Waals surface area contributed by atoms with Crippen LogP contribution in [0.4, 0.5) is 0 Å². The number of furan rings is 1. The summed E-state index contributed by atoms with van der Waals surface area (Å²) in [4.78, 5) is 12.1. The molecular weight excluding hydrogens is 262 g/mol. The Morgan fingerprint density at radius 1 is 1.53 bits per heavy atom. The van der Waals surface area contributed by atoms with Gasteiger partial charge in [-0.2, -0.15) is 0 Å². The molecule has 1 amide bonds. The van der Waals surface area contributed by atoms with Gasteiger partial charge in [-0.1, -0.05) is 13.3 Å². The maximum Gasteiger partial charge on any atom is 0.254 e. The van der Waals surface area contributed by atoms with Crippen LogP contribution in [-0.4, -0.2) is 27.7 Å². The lowest BCUT2D eigenvalue weighted by atomic mass is 9.84.